The number of benzene rings is 1. The zero-order chi connectivity index (χ0) is 18.4. The molecule has 6 nitrogen and oxygen atoms in total. The maximum atomic E-state index is 12.2. The molecule has 2 amide bonds. The number of anilines is 1. The number of hydrogen-bond donors (Lipinski definition) is 1. The SMILES string of the molecule is CCN(CC)C(=O)c1ccc(NC(=O)CS[C@H]2CCS(=O)(=O)C2)cc1. The second-order valence-electron chi connectivity index (χ2n) is 5.94. The van der Waals surface area contributed by atoms with Gasteiger partial charge < -0.3 is 10.2 Å². The molecule has 0 aromatic heterocycles. The fourth-order valence-electron chi connectivity index (χ4n) is 2.67. The number of nitrogens with one attached hydrogen (secondary N) is 1. The van der Waals surface area contributed by atoms with Crippen LogP contribution in [0.1, 0.15) is 30.6 Å². The highest BCUT2D eigenvalue weighted by Crippen LogP contribution is 2.24. The summed E-state index contributed by atoms with van der Waals surface area (Å²) in [4.78, 5) is 26.0. The topological polar surface area (TPSA) is 83.6 Å². The van der Waals surface area contributed by atoms with Crippen molar-refractivity contribution in [2.45, 2.75) is 25.5 Å². The minimum atomic E-state index is -2.92. The van der Waals surface area contributed by atoms with Gasteiger partial charge in [0.05, 0.1) is 17.3 Å². The third kappa shape index (κ3) is 5.74. The number of hydrogen-bond acceptors (Lipinski definition) is 5. The fraction of sp³-hybridized carbons (Fsp3) is 0.529. The van der Waals surface area contributed by atoms with Gasteiger partial charge in [-0.3, -0.25) is 9.59 Å². The minimum absolute atomic E-state index is 0.00446. The van der Waals surface area contributed by atoms with Crippen molar-refractivity contribution >= 4 is 39.1 Å². The molecule has 138 valence electrons. The van der Waals surface area contributed by atoms with Crippen LogP contribution in [0.3, 0.4) is 0 Å². The molecule has 1 aliphatic heterocycles. The molecule has 1 atom stereocenters. The maximum Gasteiger partial charge on any atom is 0.253 e. The first kappa shape index (κ1) is 19.8. The van der Waals surface area contributed by atoms with E-state index in [4.69, 9.17) is 0 Å². The molecule has 1 N–H and O–H groups in total. The van der Waals surface area contributed by atoms with Crippen molar-refractivity contribution in [1.29, 1.82) is 0 Å². The summed E-state index contributed by atoms with van der Waals surface area (Å²) in [5.41, 5.74) is 1.22. The Hall–Kier alpha value is -1.54. The van der Waals surface area contributed by atoms with Gasteiger partial charge in [0, 0.05) is 29.6 Å². The van der Waals surface area contributed by atoms with E-state index in [0.717, 1.165) is 0 Å². The normalized spacial score (nSPS) is 18.7. The van der Waals surface area contributed by atoms with E-state index >= 15 is 0 Å². The number of carbonyl (C=O) groups excluding carboxylic acids is 2. The molecular weight excluding hydrogens is 360 g/mol. The molecule has 1 fully saturated rings. The first-order valence-electron chi connectivity index (χ1n) is 8.36. The van der Waals surface area contributed by atoms with Crippen molar-refractivity contribution in [3.8, 4) is 0 Å². The van der Waals surface area contributed by atoms with Gasteiger partial charge in [-0.05, 0) is 44.5 Å². The summed E-state index contributed by atoms with van der Waals surface area (Å²) in [6, 6.07) is 6.82. The summed E-state index contributed by atoms with van der Waals surface area (Å²) in [7, 11) is -2.92. The standard InChI is InChI=1S/C17H24N2O4S2/c1-3-19(4-2)17(21)13-5-7-14(8-6-13)18-16(20)11-24-15-9-10-25(22,23)12-15/h5-8,15H,3-4,9-12H2,1-2H3,(H,18,20)/t15-/m0/s1. The molecule has 1 aromatic rings. The number of amides is 2. The third-order valence-electron chi connectivity index (χ3n) is 4.11. The third-order valence-corrected chi connectivity index (χ3v) is 7.39. The van der Waals surface area contributed by atoms with Crippen molar-refractivity contribution in [2.24, 2.45) is 0 Å². The lowest BCUT2D eigenvalue weighted by atomic mass is 10.2. The van der Waals surface area contributed by atoms with E-state index in [1.165, 1.54) is 11.8 Å². The Morgan fingerprint density at radius 3 is 2.36 bits per heavy atom. The van der Waals surface area contributed by atoms with Gasteiger partial charge in [-0.25, -0.2) is 8.42 Å². The zero-order valence-electron chi connectivity index (χ0n) is 14.5. The van der Waals surface area contributed by atoms with Crippen LogP contribution in [0, 0.1) is 0 Å². The van der Waals surface area contributed by atoms with E-state index in [0.29, 0.717) is 30.8 Å². The zero-order valence-corrected chi connectivity index (χ0v) is 16.2. The first-order valence-corrected chi connectivity index (χ1v) is 11.2. The van der Waals surface area contributed by atoms with E-state index < -0.39 is 9.84 Å². The van der Waals surface area contributed by atoms with Crippen LogP contribution in [-0.4, -0.2) is 60.7 Å². The van der Waals surface area contributed by atoms with Gasteiger partial charge in [-0.1, -0.05) is 0 Å². The van der Waals surface area contributed by atoms with E-state index in [-0.39, 0.29) is 34.3 Å². The predicted octanol–water partition coefficient (Wildman–Crippen LogP) is 2.03. The van der Waals surface area contributed by atoms with E-state index in [1.807, 2.05) is 13.8 Å². The Morgan fingerprint density at radius 1 is 1.20 bits per heavy atom. The summed E-state index contributed by atoms with van der Waals surface area (Å²) in [6.45, 7) is 5.18. The average molecular weight is 385 g/mol. The largest absolute Gasteiger partial charge is 0.339 e. The average Bonchev–Trinajstić information content (AvgIpc) is 2.94. The van der Waals surface area contributed by atoms with Gasteiger partial charge >= 0.3 is 0 Å². The second-order valence-corrected chi connectivity index (χ2v) is 9.46. The number of nitrogens with zero attached hydrogens (tertiary/aromatic N) is 1. The summed E-state index contributed by atoms with van der Waals surface area (Å²) in [5, 5.41) is 2.78. The highest BCUT2D eigenvalue weighted by Gasteiger charge is 2.28. The van der Waals surface area contributed by atoms with Crippen molar-refractivity contribution in [1.82, 2.24) is 4.90 Å². The van der Waals surface area contributed by atoms with Crippen LogP contribution >= 0.6 is 11.8 Å². The summed E-state index contributed by atoms with van der Waals surface area (Å²) in [6.07, 6.45) is 0.614. The minimum Gasteiger partial charge on any atom is -0.339 e. The molecule has 0 bridgehead atoms. The van der Waals surface area contributed by atoms with Crippen LogP contribution in [-0.2, 0) is 14.6 Å². The van der Waals surface area contributed by atoms with Crippen LogP contribution in [0.4, 0.5) is 5.69 Å². The lowest BCUT2D eigenvalue weighted by Gasteiger charge is -2.18. The van der Waals surface area contributed by atoms with Crippen LogP contribution in [0.5, 0.6) is 0 Å². The van der Waals surface area contributed by atoms with E-state index in [1.54, 1.807) is 29.2 Å². The molecule has 0 spiro atoms. The van der Waals surface area contributed by atoms with Crippen molar-refractivity contribution in [2.75, 3.05) is 35.7 Å². The molecule has 1 aliphatic rings. The molecular formula is C17H24N2O4S2. The van der Waals surface area contributed by atoms with E-state index in [9.17, 15) is 18.0 Å². The monoisotopic (exact) mass is 384 g/mol. The van der Waals surface area contributed by atoms with Gasteiger partial charge in [-0.2, -0.15) is 0 Å². The van der Waals surface area contributed by atoms with Gasteiger partial charge in [0.1, 0.15) is 0 Å². The lowest BCUT2D eigenvalue weighted by Crippen LogP contribution is -2.30. The molecule has 0 saturated carbocycles. The predicted molar refractivity (Wildman–Crippen MR) is 102 cm³/mol. The Bertz CT molecular complexity index is 713. The Balaban J connectivity index is 1.84. The first-order chi connectivity index (χ1) is 11.8. The fourth-order valence-corrected chi connectivity index (χ4v) is 6.12. The highest BCUT2D eigenvalue weighted by atomic mass is 32.2. The molecule has 1 aromatic carbocycles. The molecule has 1 heterocycles. The van der Waals surface area contributed by atoms with Crippen LogP contribution in [0.15, 0.2) is 24.3 Å². The Morgan fingerprint density at radius 2 is 1.84 bits per heavy atom. The molecule has 1 saturated heterocycles. The number of sulfone groups is 1. The number of thioether (sulfide) groups is 1. The van der Waals surface area contributed by atoms with Gasteiger partial charge in [-0.15, -0.1) is 11.8 Å². The van der Waals surface area contributed by atoms with Gasteiger partial charge in [0.25, 0.3) is 5.91 Å². The van der Waals surface area contributed by atoms with Gasteiger partial charge in [0.15, 0.2) is 9.84 Å². The molecule has 2 rings (SSSR count). The number of rotatable bonds is 7. The van der Waals surface area contributed by atoms with Crippen LogP contribution in [0.2, 0.25) is 0 Å². The van der Waals surface area contributed by atoms with Crippen molar-refractivity contribution in [3.05, 3.63) is 29.8 Å². The summed E-state index contributed by atoms with van der Waals surface area (Å²) >= 11 is 1.38. The summed E-state index contributed by atoms with van der Waals surface area (Å²) < 4.78 is 22.8. The van der Waals surface area contributed by atoms with Crippen molar-refractivity contribution < 1.29 is 18.0 Å². The number of carbonyl (C=O) groups is 2. The molecule has 0 aliphatic carbocycles. The maximum absolute atomic E-state index is 12.2. The summed E-state index contributed by atoms with van der Waals surface area (Å²) in [5.74, 6) is 0.403. The molecule has 8 heteroatoms. The Labute approximate surface area is 153 Å². The lowest BCUT2D eigenvalue weighted by molar-refractivity contribution is -0.113. The van der Waals surface area contributed by atoms with Crippen molar-refractivity contribution in [3.63, 3.8) is 0 Å². The Kier molecular flexibility index (Phi) is 6.89. The van der Waals surface area contributed by atoms with Crippen LogP contribution < -0.4 is 5.32 Å². The molecule has 0 unspecified atom stereocenters. The second kappa shape index (κ2) is 8.71. The molecule has 25 heavy (non-hydrogen) atoms. The highest BCUT2D eigenvalue weighted by molar-refractivity contribution is 8.02. The van der Waals surface area contributed by atoms with Crippen LogP contribution in [0.25, 0.3) is 0 Å². The van der Waals surface area contributed by atoms with Gasteiger partial charge in [0.2, 0.25) is 5.91 Å². The molecule has 0 radical (unpaired) electrons. The van der Waals surface area contributed by atoms with E-state index in [2.05, 4.69) is 5.32 Å². The quantitative estimate of drug-likeness (QED) is 0.778. The smallest absolute Gasteiger partial charge is 0.253 e.